The Morgan fingerprint density at radius 2 is 2.12 bits per heavy atom. The normalized spacial score (nSPS) is 16.1. The van der Waals surface area contributed by atoms with Crippen molar-refractivity contribution in [2.24, 2.45) is 5.92 Å². The molecule has 1 unspecified atom stereocenters. The lowest BCUT2D eigenvalue weighted by molar-refractivity contribution is -0.149. The molecular formula is C27H32N2O5. The molecule has 1 N–H and O–H groups in total. The first-order chi connectivity index (χ1) is 16.3. The Hall–Kier alpha value is -3.61. The molecule has 2 heterocycles. The third-order valence-electron chi connectivity index (χ3n) is 5.55. The van der Waals surface area contributed by atoms with Crippen molar-refractivity contribution < 1.29 is 23.8 Å². The number of aliphatic carboxylic acids is 1. The van der Waals surface area contributed by atoms with Gasteiger partial charge in [-0.2, -0.15) is 0 Å². The first kappa shape index (κ1) is 25.0. The number of nitrogens with zero attached hydrogens (tertiary/aromatic N) is 2. The maximum atomic E-state index is 12.6. The summed E-state index contributed by atoms with van der Waals surface area (Å²) in [6.07, 6.45) is 11.6. The Bertz CT molecular complexity index is 1110. The fraction of sp³-hybridized carbons (Fsp3) is 0.370. The maximum Gasteiger partial charge on any atom is 0.331 e. The highest BCUT2D eigenvalue weighted by atomic mass is 16.5. The summed E-state index contributed by atoms with van der Waals surface area (Å²) >= 11 is 0. The van der Waals surface area contributed by atoms with Crippen molar-refractivity contribution in [3.05, 3.63) is 77.1 Å². The van der Waals surface area contributed by atoms with Crippen molar-refractivity contribution in [2.75, 3.05) is 13.2 Å². The molecule has 0 saturated heterocycles. The minimum absolute atomic E-state index is 0.328. The molecule has 2 aromatic rings. The zero-order valence-corrected chi connectivity index (χ0v) is 20.2. The number of amides is 1. The standard InChI is InChI=1S/C27H32N2O5/c1-5-6-7-8-25(30)29-15-13-20-10-11-21(17-22(20)26(29)27(31)32)33-16-14-23-19(4)34-24(28-23)12-9-18(2)3/h5-12,17-18,26H,13-16H2,1-4H3,(H,31,32)/b6-5?,8-7?,12-9+. The Morgan fingerprint density at radius 3 is 2.82 bits per heavy atom. The Labute approximate surface area is 200 Å². The molecule has 34 heavy (non-hydrogen) atoms. The number of aromatic nitrogens is 1. The number of oxazole rings is 1. The van der Waals surface area contributed by atoms with E-state index in [0.717, 1.165) is 17.0 Å². The van der Waals surface area contributed by atoms with Crippen LogP contribution < -0.4 is 4.74 Å². The predicted molar refractivity (Wildman–Crippen MR) is 131 cm³/mol. The number of ether oxygens (including phenoxy) is 1. The lowest BCUT2D eigenvalue weighted by Crippen LogP contribution is -2.42. The average Bonchev–Trinajstić information content (AvgIpc) is 3.16. The number of benzene rings is 1. The second-order valence-electron chi connectivity index (χ2n) is 8.52. The highest BCUT2D eigenvalue weighted by Gasteiger charge is 2.35. The van der Waals surface area contributed by atoms with E-state index in [-0.39, 0.29) is 5.91 Å². The summed E-state index contributed by atoms with van der Waals surface area (Å²) in [6, 6.07) is 4.40. The van der Waals surface area contributed by atoms with E-state index in [0.29, 0.717) is 49.1 Å². The van der Waals surface area contributed by atoms with Gasteiger partial charge in [0.2, 0.25) is 11.8 Å². The summed E-state index contributed by atoms with van der Waals surface area (Å²) < 4.78 is 11.6. The number of carboxylic acids is 1. The van der Waals surface area contributed by atoms with Crippen molar-refractivity contribution in [3.63, 3.8) is 0 Å². The molecule has 1 aliphatic heterocycles. The van der Waals surface area contributed by atoms with Gasteiger partial charge in [-0.25, -0.2) is 9.78 Å². The van der Waals surface area contributed by atoms with Crippen molar-refractivity contribution >= 4 is 18.0 Å². The summed E-state index contributed by atoms with van der Waals surface area (Å²) in [5.74, 6) is 0.909. The SMILES string of the molecule is CC=CC=CC(=O)N1CCc2ccc(OCCc3nc(/C=C/C(C)C)oc3C)cc2C1C(=O)O. The molecule has 1 aromatic heterocycles. The molecule has 1 amide bonds. The van der Waals surface area contributed by atoms with Crippen molar-refractivity contribution in [3.8, 4) is 5.75 Å². The van der Waals surface area contributed by atoms with Gasteiger partial charge in [0.15, 0.2) is 6.04 Å². The van der Waals surface area contributed by atoms with Gasteiger partial charge in [0.25, 0.3) is 0 Å². The van der Waals surface area contributed by atoms with Gasteiger partial charge in [0, 0.05) is 19.0 Å². The van der Waals surface area contributed by atoms with Crippen LogP contribution in [0.4, 0.5) is 0 Å². The number of fused-ring (bicyclic) bond motifs is 1. The first-order valence-corrected chi connectivity index (χ1v) is 11.5. The van der Waals surface area contributed by atoms with E-state index >= 15 is 0 Å². The van der Waals surface area contributed by atoms with Crippen LogP contribution in [0.3, 0.4) is 0 Å². The molecule has 7 nitrogen and oxygen atoms in total. The van der Waals surface area contributed by atoms with E-state index in [2.05, 4.69) is 18.8 Å². The predicted octanol–water partition coefficient (Wildman–Crippen LogP) is 4.92. The summed E-state index contributed by atoms with van der Waals surface area (Å²) in [4.78, 5) is 30.6. The zero-order valence-electron chi connectivity index (χ0n) is 20.2. The van der Waals surface area contributed by atoms with Crippen LogP contribution in [0.2, 0.25) is 0 Å². The number of rotatable bonds is 9. The fourth-order valence-corrected chi connectivity index (χ4v) is 3.83. The molecule has 1 aliphatic rings. The van der Waals surface area contributed by atoms with Crippen LogP contribution in [-0.2, 0) is 22.4 Å². The van der Waals surface area contributed by atoms with Crippen LogP contribution in [0.5, 0.6) is 5.75 Å². The first-order valence-electron chi connectivity index (χ1n) is 11.5. The summed E-state index contributed by atoms with van der Waals surface area (Å²) in [5.41, 5.74) is 2.33. The van der Waals surface area contributed by atoms with Gasteiger partial charge in [0.1, 0.15) is 11.5 Å². The molecule has 7 heteroatoms. The van der Waals surface area contributed by atoms with Gasteiger partial charge < -0.3 is 19.2 Å². The van der Waals surface area contributed by atoms with Gasteiger partial charge in [0.05, 0.1) is 12.3 Å². The van der Waals surface area contributed by atoms with E-state index < -0.39 is 12.0 Å². The number of carbonyl (C=O) groups excluding carboxylic acids is 1. The molecule has 3 rings (SSSR count). The van der Waals surface area contributed by atoms with Crippen LogP contribution in [0.15, 0.2) is 53.0 Å². The van der Waals surface area contributed by atoms with E-state index in [1.165, 1.54) is 11.0 Å². The summed E-state index contributed by atoms with van der Waals surface area (Å²) in [5, 5.41) is 9.91. The van der Waals surface area contributed by atoms with Gasteiger partial charge in [-0.3, -0.25) is 4.79 Å². The molecule has 0 aliphatic carbocycles. The highest BCUT2D eigenvalue weighted by molar-refractivity contribution is 5.92. The number of hydrogen-bond donors (Lipinski definition) is 1. The van der Waals surface area contributed by atoms with Crippen molar-refractivity contribution in [1.82, 2.24) is 9.88 Å². The molecular weight excluding hydrogens is 432 g/mol. The molecule has 0 radical (unpaired) electrons. The van der Waals surface area contributed by atoms with E-state index in [1.54, 1.807) is 24.3 Å². The number of aryl methyl sites for hydroxylation is 1. The van der Waals surface area contributed by atoms with Crippen molar-refractivity contribution in [2.45, 2.75) is 46.6 Å². The number of allylic oxidation sites excluding steroid dienone is 4. The molecule has 180 valence electrons. The van der Waals surface area contributed by atoms with Crippen LogP contribution in [-0.4, -0.2) is 40.0 Å². The molecule has 0 spiro atoms. The van der Waals surface area contributed by atoms with Gasteiger partial charge in [-0.15, -0.1) is 0 Å². The number of carbonyl (C=O) groups is 2. The smallest absolute Gasteiger partial charge is 0.331 e. The summed E-state index contributed by atoms with van der Waals surface area (Å²) in [7, 11) is 0. The second-order valence-corrected chi connectivity index (χ2v) is 8.52. The molecule has 0 bridgehead atoms. The van der Waals surface area contributed by atoms with E-state index in [9.17, 15) is 14.7 Å². The van der Waals surface area contributed by atoms with Gasteiger partial charge in [-0.05, 0) is 55.5 Å². The topological polar surface area (TPSA) is 92.9 Å². The lowest BCUT2D eigenvalue weighted by atomic mass is 9.92. The lowest BCUT2D eigenvalue weighted by Gasteiger charge is -2.34. The zero-order chi connectivity index (χ0) is 24.7. The fourth-order valence-electron chi connectivity index (χ4n) is 3.83. The Balaban J connectivity index is 1.71. The molecule has 0 saturated carbocycles. The van der Waals surface area contributed by atoms with Crippen LogP contribution >= 0.6 is 0 Å². The van der Waals surface area contributed by atoms with Gasteiger partial charge >= 0.3 is 5.97 Å². The quantitative estimate of drug-likeness (QED) is 0.418. The second kappa shape index (κ2) is 11.5. The molecule has 1 atom stereocenters. The minimum Gasteiger partial charge on any atom is -0.493 e. The summed E-state index contributed by atoms with van der Waals surface area (Å²) in [6.45, 7) is 8.62. The average molecular weight is 465 g/mol. The molecule has 0 fully saturated rings. The van der Waals surface area contributed by atoms with Gasteiger partial charge in [-0.1, -0.05) is 44.2 Å². The largest absolute Gasteiger partial charge is 0.493 e. The third kappa shape index (κ3) is 6.25. The monoisotopic (exact) mass is 464 g/mol. The number of carboxylic acid groups (broad SMARTS) is 1. The molecule has 1 aromatic carbocycles. The van der Waals surface area contributed by atoms with Crippen LogP contribution in [0.25, 0.3) is 6.08 Å². The maximum absolute atomic E-state index is 12.6. The van der Waals surface area contributed by atoms with Crippen LogP contribution in [0.1, 0.15) is 55.3 Å². The van der Waals surface area contributed by atoms with E-state index in [4.69, 9.17) is 9.15 Å². The minimum atomic E-state index is -1.06. The van der Waals surface area contributed by atoms with E-state index in [1.807, 2.05) is 38.1 Å². The number of hydrogen-bond acceptors (Lipinski definition) is 5. The Morgan fingerprint density at radius 1 is 1.32 bits per heavy atom. The van der Waals surface area contributed by atoms with Crippen molar-refractivity contribution in [1.29, 1.82) is 0 Å². The Kier molecular flexibility index (Phi) is 8.46. The highest BCUT2D eigenvalue weighted by Crippen LogP contribution is 2.33. The third-order valence-corrected chi connectivity index (χ3v) is 5.55. The van der Waals surface area contributed by atoms with Crippen LogP contribution in [0, 0.1) is 12.8 Å².